The third-order valence-electron chi connectivity index (χ3n) is 5.79. The minimum atomic E-state index is 0. The fraction of sp³-hybridized carbons (Fsp3) is 0.364. The Balaban J connectivity index is 0.00000144. The van der Waals surface area contributed by atoms with E-state index in [1.807, 2.05) is 35.4 Å². The molecule has 0 saturated carbocycles. The lowest BCUT2D eigenvalue weighted by Crippen LogP contribution is -2.47. The molecule has 10 heteroatoms. The van der Waals surface area contributed by atoms with E-state index in [9.17, 15) is 4.79 Å². The molecule has 5 rings (SSSR count). The summed E-state index contributed by atoms with van der Waals surface area (Å²) in [6.07, 6.45) is 5.89. The minimum absolute atomic E-state index is 0. The first-order valence-corrected chi connectivity index (χ1v) is 10.7. The van der Waals surface area contributed by atoms with Crippen molar-refractivity contribution in [3.05, 3.63) is 64.5 Å². The molecular weight excluding hydrogens is 453 g/mol. The van der Waals surface area contributed by atoms with E-state index < -0.39 is 0 Å². The van der Waals surface area contributed by atoms with Crippen LogP contribution in [0.4, 0.5) is 5.69 Å². The van der Waals surface area contributed by atoms with Crippen LogP contribution in [0.1, 0.15) is 6.42 Å². The molecule has 0 atom stereocenters. The molecule has 0 radical (unpaired) electrons. The molecule has 0 aromatic heterocycles. The highest BCUT2D eigenvalue weighted by Crippen LogP contribution is 2.31. The monoisotopic (exact) mass is 479 g/mol. The molecular formula is C22H27Cl2N5O3. The van der Waals surface area contributed by atoms with E-state index >= 15 is 0 Å². The van der Waals surface area contributed by atoms with Crippen molar-refractivity contribution >= 4 is 41.7 Å². The summed E-state index contributed by atoms with van der Waals surface area (Å²) in [5.41, 5.74) is 2.74. The van der Waals surface area contributed by atoms with Gasteiger partial charge in [0, 0.05) is 68.3 Å². The number of ether oxygens (including phenoxy) is 1. The average molecular weight is 480 g/mol. The van der Waals surface area contributed by atoms with Gasteiger partial charge in [0.05, 0.1) is 12.2 Å². The molecule has 172 valence electrons. The number of benzene rings is 1. The Hall–Kier alpha value is -2.52. The van der Waals surface area contributed by atoms with Gasteiger partial charge in [-0.15, -0.1) is 12.4 Å². The maximum Gasteiger partial charge on any atom is 0.188 e. The number of anilines is 1. The summed E-state index contributed by atoms with van der Waals surface area (Å²) in [6.45, 7) is 6.12. The maximum absolute atomic E-state index is 12.0. The Morgan fingerprint density at radius 1 is 1.19 bits per heavy atom. The van der Waals surface area contributed by atoms with E-state index in [0.717, 1.165) is 49.2 Å². The van der Waals surface area contributed by atoms with Gasteiger partial charge in [-0.2, -0.15) is 0 Å². The number of nitrogens with one attached hydrogen (secondary N) is 1. The second-order valence-electron chi connectivity index (χ2n) is 7.70. The molecule has 0 spiro atoms. The van der Waals surface area contributed by atoms with Gasteiger partial charge in [-0.25, -0.2) is 4.99 Å². The van der Waals surface area contributed by atoms with E-state index in [0.29, 0.717) is 31.1 Å². The zero-order valence-electron chi connectivity index (χ0n) is 17.6. The molecule has 4 heterocycles. The van der Waals surface area contributed by atoms with Crippen molar-refractivity contribution in [2.24, 2.45) is 4.99 Å². The molecule has 1 saturated heterocycles. The smallest absolute Gasteiger partial charge is 0.188 e. The van der Waals surface area contributed by atoms with Crippen LogP contribution in [0.5, 0.6) is 0 Å². The normalized spacial score (nSPS) is 19.8. The quantitative estimate of drug-likeness (QED) is 0.693. The van der Waals surface area contributed by atoms with Gasteiger partial charge in [-0.05, 0) is 18.2 Å². The molecule has 1 aromatic carbocycles. The van der Waals surface area contributed by atoms with Crippen LogP contribution in [-0.4, -0.2) is 73.1 Å². The Morgan fingerprint density at radius 2 is 2.00 bits per heavy atom. The van der Waals surface area contributed by atoms with Gasteiger partial charge in [0.2, 0.25) is 0 Å². The predicted octanol–water partition coefficient (Wildman–Crippen LogP) is 1.93. The predicted molar refractivity (Wildman–Crippen MR) is 128 cm³/mol. The largest absolute Gasteiger partial charge is 0.495 e. The Kier molecular flexibility index (Phi) is 7.84. The number of ketones is 1. The number of carbonyl (C=O) groups excluding carboxylic acids is 1. The van der Waals surface area contributed by atoms with Crippen molar-refractivity contribution in [1.29, 1.82) is 0 Å². The van der Waals surface area contributed by atoms with Crippen molar-refractivity contribution < 1.29 is 15.0 Å². The van der Waals surface area contributed by atoms with Crippen LogP contribution in [0.25, 0.3) is 0 Å². The van der Waals surface area contributed by atoms with Crippen LogP contribution in [0.15, 0.2) is 64.5 Å². The molecule has 3 N–H and O–H groups in total. The summed E-state index contributed by atoms with van der Waals surface area (Å²) >= 11 is 6.12. The fourth-order valence-electron chi connectivity index (χ4n) is 4.15. The number of allylic oxidation sites excluding steroid dienone is 2. The summed E-state index contributed by atoms with van der Waals surface area (Å²) in [6, 6.07) is 8.04. The second-order valence-corrected chi connectivity index (χ2v) is 8.14. The SMILES string of the molecule is Cl.O.O=C1CC=NC2=C1NC=C1C=C(OCCN3CCN(c4cccc(Cl)c4)CC3)CN12. The molecule has 4 aliphatic heterocycles. The van der Waals surface area contributed by atoms with Crippen LogP contribution < -0.4 is 10.2 Å². The summed E-state index contributed by atoms with van der Waals surface area (Å²) < 4.78 is 6.05. The van der Waals surface area contributed by atoms with E-state index in [4.69, 9.17) is 16.3 Å². The van der Waals surface area contributed by atoms with E-state index in [1.165, 1.54) is 5.69 Å². The van der Waals surface area contributed by atoms with Crippen LogP contribution in [0.3, 0.4) is 0 Å². The molecule has 32 heavy (non-hydrogen) atoms. The van der Waals surface area contributed by atoms with Crippen molar-refractivity contribution in [2.75, 3.05) is 50.8 Å². The number of aliphatic imine (C=N–C) groups is 1. The van der Waals surface area contributed by atoms with Gasteiger partial charge in [0.25, 0.3) is 0 Å². The first-order valence-electron chi connectivity index (χ1n) is 10.3. The third kappa shape index (κ3) is 4.94. The number of hydrogen-bond donors (Lipinski definition) is 1. The van der Waals surface area contributed by atoms with Gasteiger partial charge in [-0.1, -0.05) is 17.7 Å². The standard InChI is InChI=1S/C22H24ClN5O2.ClH.H2O/c23-16-2-1-3-17(12-16)27-8-6-26(7-9-27)10-11-30-19-13-18-14-25-21-20(29)4-5-24-22(21)28(18)15-19;;/h1-3,5,12-14,25H,4,6-11,15H2;1H;1H2. The molecule has 0 unspecified atom stereocenters. The number of piperazine rings is 1. The van der Waals surface area contributed by atoms with Crippen molar-refractivity contribution in [3.63, 3.8) is 0 Å². The van der Waals surface area contributed by atoms with Crippen molar-refractivity contribution in [1.82, 2.24) is 15.1 Å². The number of carbonyl (C=O) groups is 1. The molecule has 0 amide bonds. The van der Waals surface area contributed by atoms with E-state index in [1.54, 1.807) is 6.21 Å². The lowest BCUT2D eigenvalue weighted by atomic mass is 10.1. The van der Waals surface area contributed by atoms with Gasteiger partial charge >= 0.3 is 0 Å². The van der Waals surface area contributed by atoms with E-state index in [2.05, 4.69) is 26.2 Å². The number of rotatable bonds is 5. The topological polar surface area (TPSA) is 91.9 Å². The molecule has 1 aromatic rings. The summed E-state index contributed by atoms with van der Waals surface area (Å²) in [5, 5.41) is 3.86. The molecule has 0 aliphatic carbocycles. The summed E-state index contributed by atoms with van der Waals surface area (Å²) in [5.74, 6) is 1.67. The Bertz CT molecular complexity index is 984. The van der Waals surface area contributed by atoms with Gasteiger partial charge in [-0.3, -0.25) is 9.69 Å². The zero-order valence-corrected chi connectivity index (χ0v) is 19.2. The van der Waals surface area contributed by atoms with Crippen LogP contribution in [-0.2, 0) is 9.53 Å². The average Bonchev–Trinajstić information content (AvgIpc) is 3.18. The second kappa shape index (κ2) is 10.4. The van der Waals surface area contributed by atoms with Gasteiger partial charge in [0.1, 0.15) is 18.1 Å². The minimum Gasteiger partial charge on any atom is -0.495 e. The molecule has 4 aliphatic rings. The third-order valence-corrected chi connectivity index (χ3v) is 6.02. The Labute approximate surface area is 198 Å². The molecule has 1 fully saturated rings. The number of halogens is 2. The Morgan fingerprint density at radius 3 is 2.78 bits per heavy atom. The summed E-state index contributed by atoms with van der Waals surface area (Å²) in [4.78, 5) is 23.3. The highest BCUT2D eigenvalue weighted by molar-refractivity contribution is 6.30. The first-order chi connectivity index (χ1) is 14.7. The highest BCUT2D eigenvalue weighted by atomic mass is 35.5. The number of nitrogens with zero attached hydrogens (tertiary/aromatic N) is 4. The van der Waals surface area contributed by atoms with Crippen LogP contribution in [0.2, 0.25) is 5.02 Å². The van der Waals surface area contributed by atoms with Crippen molar-refractivity contribution in [2.45, 2.75) is 6.42 Å². The van der Waals surface area contributed by atoms with Gasteiger partial charge in [0.15, 0.2) is 11.6 Å². The zero-order chi connectivity index (χ0) is 20.5. The van der Waals surface area contributed by atoms with Crippen LogP contribution >= 0.6 is 24.0 Å². The van der Waals surface area contributed by atoms with Crippen LogP contribution in [0, 0.1) is 0 Å². The number of hydrogen-bond acceptors (Lipinski definition) is 7. The number of Topliss-reactive ketones (excluding diaryl/α,β-unsaturated/α-hetero) is 1. The lowest BCUT2D eigenvalue weighted by Gasteiger charge is -2.36. The number of fused-ring (bicyclic) bond motifs is 2. The highest BCUT2D eigenvalue weighted by Gasteiger charge is 2.31. The van der Waals surface area contributed by atoms with Crippen molar-refractivity contribution in [3.8, 4) is 0 Å². The first kappa shape index (κ1) is 24.1. The fourth-order valence-corrected chi connectivity index (χ4v) is 4.33. The van der Waals surface area contributed by atoms with Gasteiger partial charge < -0.3 is 25.3 Å². The maximum atomic E-state index is 12.0. The molecule has 8 nitrogen and oxygen atoms in total. The molecule has 0 bridgehead atoms. The van der Waals surface area contributed by atoms with E-state index in [-0.39, 0.29) is 23.7 Å². The summed E-state index contributed by atoms with van der Waals surface area (Å²) in [7, 11) is 0. The lowest BCUT2D eigenvalue weighted by molar-refractivity contribution is -0.115.